The average Bonchev–Trinajstić information content (AvgIpc) is 2.80. The first-order valence-corrected chi connectivity index (χ1v) is 13.4. The quantitative estimate of drug-likeness (QED) is 0.532. The van der Waals surface area contributed by atoms with E-state index in [1.54, 1.807) is 25.3 Å². The summed E-state index contributed by atoms with van der Waals surface area (Å²) in [6.07, 6.45) is 1.98. The smallest absolute Gasteiger partial charge is 0.224 e. The largest absolute Gasteiger partial charge is 0.496 e. The Hall–Kier alpha value is -1.80. The lowest BCUT2D eigenvalue weighted by Crippen LogP contribution is -2.46. The summed E-state index contributed by atoms with van der Waals surface area (Å²) in [7, 11) is -2.05. The Morgan fingerprint density at radius 3 is 2.55 bits per heavy atom. The molecule has 9 heteroatoms. The van der Waals surface area contributed by atoms with E-state index >= 15 is 0 Å². The Balaban J connectivity index is 1.70. The first-order valence-electron chi connectivity index (χ1n) is 11.0. The van der Waals surface area contributed by atoms with Gasteiger partial charge in [0.1, 0.15) is 5.75 Å². The van der Waals surface area contributed by atoms with Crippen molar-refractivity contribution in [2.24, 2.45) is 5.92 Å². The predicted molar refractivity (Wildman–Crippen MR) is 132 cm³/mol. The number of hydrogen-bond acceptors (Lipinski definition) is 4. The summed E-state index contributed by atoms with van der Waals surface area (Å²) in [6.45, 7) is 4.50. The third-order valence-corrected chi connectivity index (χ3v) is 8.56. The van der Waals surface area contributed by atoms with Gasteiger partial charge in [0, 0.05) is 28.7 Å². The van der Waals surface area contributed by atoms with E-state index in [2.05, 4.69) is 5.32 Å². The molecule has 6 nitrogen and oxygen atoms in total. The number of benzene rings is 2. The molecule has 33 heavy (non-hydrogen) atoms. The second-order valence-electron chi connectivity index (χ2n) is 8.35. The number of nitrogens with one attached hydrogen (secondary N) is 1. The second kappa shape index (κ2) is 11.1. The van der Waals surface area contributed by atoms with Crippen LogP contribution in [0.3, 0.4) is 0 Å². The van der Waals surface area contributed by atoms with E-state index in [0.717, 1.165) is 23.3 Å². The average molecular weight is 513 g/mol. The van der Waals surface area contributed by atoms with Crippen molar-refractivity contribution in [1.29, 1.82) is 0 Å². The highest BCUT2D eigenvalue weighted by molar-refractivity contribution is 7.88. The van der Waals surface area contributed by atoms with Crippen molar-refractivity contribution in [3.8, 4) is 5.75 Å². The topological polar surface area (TPSA) is 75.7 Å². The molecule has 1 fully saturated rings. The van der Waals surface area contributed by atoms with Crippen molar-refractivity contribution in [2.45, 2.75) is 44.9 Å². The van der Waals surface area contributed by atoms with E-state index < -0.39 is 15.9 Å². The zero-order valence-electron chi connectivity index (χ0n) is 19.1. The van der Waals surface area contributed by atoms with Crippen molar-refractivity contribution < 1.29 is 17.9 Å². The Morgan fingerprint density at radius 2 is 1.94 bits per heavy atom. The molecule has 0 radical (unpaired) electrons. The molecule has 1 N–H and O–H groups in total. The second-order valence-corrected chi connectivity index (χ2v) is 11.1. The molecule has 1 saturated heterocycles. The molecule has 2 unspecified atom stereocenters. The first-order chi connectivity index (χ1) is 15.7. The number of piperidine rings is 1. The zero-order valence-corrected chi connectivity index (χ0v) is 21.4. The summed E-state index contributed by atoms with van der Waals surface area (Å²) in [5, 5.41) is 3.75. The van der Waals surface area contributed by atoms with Gasteiger partial charge in [-0.3, -0.25) is 4.79 Å². The van der Waals surface area contributed by atoms with Crippen molar-refractivity contribution in [2.75, 3.05) is 20.2 Å². The van der Waals surface area contributed by atoms with Crippen LogP contribution in [0.15, 0.2) is 36.4 Å². The number of rotatable bonds is 8. The molecule has 2 aromatic rings. The zero-order chi connectivity index (χ0) is 24.2. The molecule has 1 amide bonds. The number of hydrogen-bond donors (Lipinski definition) is 1. The van der Waals surface area contributed by atoms with Gasteiger partial charge in [0.25, 0.3) is 0 Å². The minimum absolute atomic E-state index is 0.133. The maximum atomic E-state index is 13.1. The van der Waals surface area contributed by atoms with Crippen LogP contribution in [-0.4, -0.2) is 38.8 Å². The van der Waals surface area contributed by atoms with Gasteiger partial charge in [0.05, 0.1) is 24.8 Å². The van der Waals surface area contributed by atoms with Crippen LogP contribution in [0.1, 0.15) is 48.9 Å². The Kier molecular flexibility index (Phi) is 8.67. The van der Waals surface area contributed by atoms with Gasteiger partial charge in [0.15, 0.2) is 0 Å². The molecule has 0 bridgehead atoms. The van der Waals surface area contributed by atoms with Crippen LogP contribution in [0.2, 0.25) is 10.0 Å². The van der Waals surface area contributed by atoms with E-state index in [1.165, 1.54) is 4.31 Å². The summed E-state index contributed by atoms with van der Waals surface area (Å²) in [5.41, 5.74) is 2.38. The van der Waals surface area contributed by atoms with E-state index in [4.69, 9.17) is 27.9 Å². The fourth-order valence-electron chi connectivity index (χ4n) is 4.18. The third-order valence-electron chi connectivity index (χ3n) is 6.08. The lowest BCUT2D eigenvalue weighted by atomic mass is 9.96. The Bertz CT molecular complexity index is 1090. The van der Waals surface area contributed by atoms with E-state index in [-0.39, 0.29) is 24.2 Å². The summed E-state index contributed by atoms with van der Waals surface area (Å²) in [4.78, 5) is 13.1. The van der Waals surface area contributed by atoms with Crippen LogP contribution in [0.25, 0.3) is 0 Å². The Morgan fingerprint density at radius 1 is 1.24 bits per heavy atom. The molecule has 2 atom stereocenters. The van der Waals surface area contributed by atoms with Crippen LogP contribution in [0.4, 0.5) is 0 Å². The van der Waals surface area contributed by atoms with Gasteiger partial charge in [-0.05, 0) is 55.5 Å². The monoisotopic (exact) mass is 512 g/mol. The van der Waals surface area contributed by atoms with Crippen LogP contribution in [-0.2, 0) is 20.6 Å². The summed E-state index contributed by atoms with van der Waals surface area (Å²) in [6, 6.07) is 10.6. The maximum Gasteiger partial charge on any atom is 0.224 e. The summed E-state index contributed by atoms with van der Waals surface area (Å²) < 4.78 is 32.9. The number of carbonyl (C=O) groups excluding carboxylic acids is 1. The van der Waals surface area contributed by atoms with Gasteiger partial charge in [0.2, 0.25) is 15.9 Å². The fourth-order valence-corrected chi connectivity index (χ4v) is 6.54. The van der Waals surface area contributed by atoms with Gasteiger partial charge < -0.3 is 10.1 Å². The molecule has 0 saturated carbocycles. The van der Waals surface area contributed by atoms with Crippen LogP contribution in [0, 0.1) is 12.8 Å². The summed E-state index contributed by atoms with van der Waals surface area (Å²) in [5.74, 6) is -0.0379. The molecule has 0 spiro atoms. The lowest BCUT2D eigenvalue weighted by Gasteiger charge is -2.32. The SMILES string of the molecule is CCC(NC(=O)C1CCCN(S(=O)(=O)Cc2c(Cl)cccc2Cl)C1)c1ccc(OC)c(C)c1. The van der Waals surface area contributed by atoms with Crippen molar-refractivity contribution in [3.63, 3.8) is 0 Å². The predicted octanol–water partition coefficient (Wildman–Crippen LogP) is 5.12. The number of aryl methyl sites for hydroxylation is 1. The number of halogens is 2. The van der Waals surface area contributed by atoms with Crippen molar-refractivity contribution in [3.05, 3.63) is 63.1 Å². The number of nitrogens with zero attached hydrogens (tertiary/aromatic N) is 1. The van der Waals surface area contributed by atoms with E-state index in [0.29, 0.717) is 35.0 Å². The molecule has 1 aliphatic heterocycles. The molecule has 3 rings (SSSR count). The van der Waals surface area contributed by atoms with Crippen molar-refractivity contribution >= 4 is 39.1 Å². The molecule has 0 aromatic heterocycles. The standard InChI is InChI=1S/C24H30Cl2N2O4S/c1-4-22(17-10-11-23(32-3)16(2)13-17)27-24(29)18-7-6-12-28(14-18)33(30,31)15-19-20(25)8-5-9-21(19)26/h5,8-11,13,18,22H,4,6-7,12,14-15H2,1-3H3,(H,27,29). The van der Waals surface area contributed by atoms with Gasteiger partial charge >= 0.3 is 0 Å². The number of methoxy groups -OCH3 is 1. The number of sulfonamides is 1. The lowest BCUT2D eigenvalue weighted by molar-refractivity contribution is -0.126. The van der Waals surface area contributed by atoms with E-state index in [1.807, 2.05) is 32.0 Å². The molecule has 180 valence electrons. The number of carbonyl (C=O) groups is 1. The van der Waals surface area contributed by atoms with Gasteiger partial charge in [-0.15, -0.1) is 0 Å². The van der Waals surface area contributed by atoms with Gasteiger partial charge in [-0.25, -0.2) is 12.7 Å². The van der Waals surface area contributed by atoms with Crippen LogP contribution in [0.5, 0.6) is 5.75 Å². The molecule has 1 heterocycles. The molecular weight excluding hydrogens is 483 g/mol. The summed E-state index contributed by atoms with van der Waals surface area (Å²) >= 11 is 12.4. The highest BCUT2D eigenvalue weighted by atomic mass is 35.5. The van der Waals surface area contributed by atoms with Crippen LogP contribution >= 0.6 is 23.2 Å². The molecular formula is C24H30Cl2N2O4S. The van der Waals surface area contributed by atoms with Crippen molar-refractivity contribution in [1.82, 2.24) is 9.62 Å². The minimum Gasteiger partial charge on any atom is -0.496 e. The molecule has 1 aliphatic rings. The number of amides is 1. The molecule has 0 aliphatic carbocycles. The van der Waals surface area contributed by atoms with Gasteiger partial charge in [-0.1, -0.05) is 48.3 Å². The minimum atomic E-state index is -3.68. The Labute approximate surface area is 206 Å². The highest BCUT2D eigenvalue weighted by Crippen LogP contribution is 2.30. The van der Waals surface area contributed by atoms with Crippen LogP contribution < -0.4 is 10.1 Å². The fraction of sp³-hybridized carbons (Fsp3) is 0.458. The first kappa shape index (κ1) is 25.8. The van der Waals surface area contributed by atoms with Gasteiger partial charge in [-0.2, -0.15) is 0 Å². The third kappa shape index (κ3) is 6.21. The normalized spacial score (nSPS) is 18.0. The van der Waals surface area contributed by atoms with E-state index in [9.17, 15) is 13.2 Å². The maximum absolute atomic E-state index is 13.1. The highest BCUT2D eigenvalue weighted by Gasteiger charge is 2.33. The number of ether oxygens (including phenoxy) is 1. The molecule has 2 aromatic carbocycles.